The first-order valence-electron chi connectivity index (χ1n) is 9.98. The number of benzene rings is 2. The lowest BCUT2D eigenvalue weighted by atomic mass is 9.76. The standard InChI is InChI=1S/C24H24N4O3/c1-14-10-8-9-13-17(14)26-22(29)18-15(2)25-21-20(19(18)16-11-6-5-7-12-16)23(30)28(4)24(31)27(21)3/h5-13,18-19,25H,2H2,1,3-4H3,(H,26,29)/t18-,19+/m0/s1. The van der Waals surface area contributed by atoms with Crippen LogP contribution in [0.1, 0.15) is 22.6 Å². The van der Waals surface area contributed by atoms with Gasteiger partial charge in [0.05, 0.1) is 11.5 Å². The molecule has 0 fully saturated rings. The number of nitrogens with one attached hydrogen (secondary N) is 2. The van der Waals surface area contributed by atoms with E-state index in [1.807, 2.05) is 61.5 Å². The highest BCUT2D eigenvalue weighted by Crippen LogP contribution is 2.42. The first-order valence-corrected chi connectivity index (χ1v) is 9.98. The number of para-hydroxylation sites is 1. The largest absolute Gasteiger partial charge is 0.344 e. The van der Waals surface area contributed by atoms with E-state index in [0.717, 1.165) is 15.7 Å². The molecule has 31 heavy (non-hydrogen) atoms. The first-order chi connectivity index (χ1) is 14.8. The van der Waals surface area contributed by atoms with E-state index in [9.17, 15) is 14.4 Å². The van der Waals surface area contributed by atoms with Gasteiger partial charge >= 0.3 is 5.69 Å². The predicted molar refractivity (Wildman–Crippen MR) is 121 cm³/mol. The van der Waals surface area contributed by atoms with E-state index >= 15 is 0 Å². The molecule has 1 amide bonds. The highest BCUT2D eigenvalue weighted by molar-refractivity contribution is 5.97. The third-order valence-corrected chi connectivity index (χ3v) is 5.84. The minimum Gasteiger partial charge on any atom is -0.344 e. The Balaban J connectivity index is 1.91. The molecule has 7 nitrogen and oxygen atoms in total. The molecule has 0 saturated carbocycles. The van der Waals surface area contributed by atoms with Crippen molar-refractivity contribution in [1.29, 1.82) is 0 Å². The Morgan fingerprint density at radius 2 is 1.65 bits per heavy atom. The van der Waals surface area contributed by atoms with Crippen molar-refractivity contribution in [2.45, 2.75) is 12.8 Å². The highest BCUT2D eigenvalue weighted by Gasteiger charge is 2.41. The van der Waals surface area contributed by atoms with E-state index in [1.165, 1.54) is 11.6 Å². The fraction of sp³-hybridized carbons (Fsp3) is 0.208. The second kappa shape index (κ2) is 7.75. The Bertz CT molecular complexity index is 1300. The van der Waals surface area contributed by atoms with Gasteiger partial charge in [0.25, 0.3) is 5.56 Å². The highest BCUT2D eigenvalue weighted by atomic mass is 16.2. The molecule has 2 atom stereocenters. The van der Waals surface area contributed by atoms with Gasteiger partial charge < -0.3 is 10.6 Å². The van der Waals surface area contributed by atoms with Crippen molar-refractivity contribution in [2.75, 3.05) is 10.6 Å². The molecule has 0 unspecified atom stereocenters. The van der Waals surface area contributed by atoms with Crippen molar-refractivity contribution >= 4 is 17.4 Å². The van der Waals surface area contributed by atoms with E-state index in [-0.39, 0.29) is 5.91 Å². The zero-order valence-electron chi connectivity index (χ0n) is 17.7. The Hall–Kier alpha value is -3.87. The van der Waals surface area contributed by atoms with Gasteiger partial charge in [0.1, 0.15) is 5.82 Å². The maximum atomic E-state index is 13.5. The topological polar surface area (TPSA) is 85.1 Å². The SMILES string of the molecule is C=C1Nc2c(c(=O)n(C)c(=O)n2C)[C@H](c2ccccc2)[C@H]1C(=O)Nc1ccccc1C. The van der Waals surface area contributed by atoms with Crippen molar-refractivity contribution in [3.8, 4) is 0 Å². The molecular weight excluding hydrogens is 392 g/mol. The second-order valence-corrected chi connectivity index (χ2v) is 7.79. The number of carbonyl (C=O) groups is 1. The molecule has 1 aromatic heterocycles. The van der Waals surface area contributed by atoms with Gasteiger partial charge in [-0.2, -0.15) is 0 Å². The van der Waals surface area contributed by atoms with Crippen molar-refractivity contribution in [1.82, 2.24) is 9.13 Å². The Labute approximate surface area is 179 Å². The van der Waals surface area contributed by atoms with Gasteiger partial charge in [0.15, 0.2) is 0 Å². The summed E-state index contributed by atoms with van der Waals surface area (Å²) in [5.41, 5.74) is 2.35. The Kier molecular flexibility index (Phi) is 5.10. The van der Waals surface area contributed by atoms with Gasteiger partial charge in [0, 0.05) is 31.4 Å². The van der Waals surface area contributed by atoms with Crippen molar-refractivity contribution in [3.05, 3.63) is 104 Å². The fourth-order valence-corrected chi connectivity index (χ4v) is 4.15. The summed E-state index contributed by atoms with van der Waals surface area (Å²) in [6.07, 6.45) is 0. The van der Waals surface area contributed by atoms with E-state index < -0.39 is 23.1 Å². The molecule has 0 spiro atoms. The predicted octanol–water partition coefficient (Wildman–Crippen LogP) is 2.72. The summed E-state index contributed by atoms with van der Waals surface area (Å²) in [6, 6.07) is 16.9. The van der Waals surface area contributed by atoms with Gasteiger partial charge in [-0.3, -0.25) is 18.7 Å². The van der Waals surface area contributed by atoms with Crippen LogP contribution in [0.2, 0.25) is 0 Å². The van der Waals surface area contributed by atoms with Crippen LogP contribution in [0.25, 0.3) is 0 Å². The zero-order chi connectivity index (χ0) is 22.3. The number of aromatic nitrogens is 2. The molecule has 0 saturated heterocycles. The average molecular weight is 416 g/mol. The van der Waals surface area contributed by atoms with Crippen LogP contribution < -0.4 is 21.9 Å². The molecule has 0 radical (unpaired) electrons. The number of anilines is 2. The number of hydrogen-bond acceptors (Lipinski definition) is 4. The minimum absolute atomic E-state index is 0.276. The molecule has 0 aliphatic carbocycles. The van der Waals surface area contributed by atoms with Crippen LogP contribution in [0.3, 0.4) is 0 Å². The Morgan fingerprint density at radius 3 is 2.32 bits per heavy atom. The molecule has 3 aromatic rings. The van der Waals surface area contributed by atoms with Gasteiger partial charge in [0.2, 0.25) is 5.91 Å². The Morgan fingerprint density at radius 1 is 1.00 bits per heavy atom. The molecular formula is C24H24N4O3. The lowest BCUT2D eigenvalue weighted by Crippen LogP contribution is -2.46. The lowest BCUT2D eigenvalue weighted by Gasteiger charge is -2.35. The van der Waals surface area contributed by atoms with Gasteiger partial charge in [-0.1, -0.05) is 55.1 Å². The third-order valence-electron chi connectivity index (χ3n) is 5.84. The molecule has 0 bridgehead atoms. The third kappa shape index (κ3) is 3.38. The van der Waals surface area contributed by atoms with E-state index in [0.29, 0.717) is 22.8 Å². The van der Waals surface area contributed by atoms with Crippen molar-refractivity contribution < 1.29 is 4.79 Å². The average Bonchev–Trinajstić information content (AvgIpc) is 2.77. The monoisotopic (exact) mass is 416 g/mol. The number of fused-ring (bicyclic) bond motifs is 1. The summed E-state index contributed by atoms with van der Waals surface area (Å²) in [7, 11) is 3.04. The molecule has 4 rings (SSSR count). The minimum atomic E-state index is -0.750. The molecule has 7 heteroatoms. The summed E-state index contributed by atoms with van der Waals surface area (Å²) in [5, 5.41) is 6.05. The summed E-state index contributed by atoms with van der Waals surface area (Å²) >= 11 is 0. The summed E-state index contributed by atoms with van der Waals surface area (Å²) in [5.74, 6) is -1.26. The smallest absolute Gasteiger partial charge is 0.332 e. The molecule has 1 aliphatic rings. The molecule has 2 N–H and O–H groups in total. The van der Waals surface area contributed by atoms with Crippen LogP contribution >= 0.6 is 0 Å². The summed E-state index contributed by atoms with van der Waals surface area (Å²) in [6.45, 7) is 6.00. The van der Waals surface area contributed by atoms with Crippen LogP contribution in [0, 0.1) is 12.8 Å². The van der Waals surface area contributed by atoms with Gasteiger partial charge in [-0.15, -0.1) is 0 Å². The maximum absolute atomic E-state index is 13.5. The molecule has 2 heterocycles. The van der Waals surface area contributed by atoms with Crippen molar-refractivity contribution in [2.24, 2.45) is 20.0 Å². The number of hydrogen-bond donors (Lipinski definition) is 2. The van der Waals surface area contributed by atoms with Gasteiger partial charge in [-0.25, -0.2) is 4.79 Å². The number of amides is 1. The molecule has 2 aromatic carbocycles. The fourth-order valence-electron chi connectivity index (χ4n) is 4.15. The van der Waals surface area contributed by atoms with E-state index in [1.54, 1.807) is 7.05 Å². The quantitative estimate of drug-likeness (QED) is 0.688. The summed E-state index contributed by atoms with van der Waals surface area (Å²) < 4.78 is 2.45. The van der Waals surface area contributed by atoms with E-state index in [2.05, 4.69) is 17.2 Å². The van der Waals surface area contributed by atoms with Crippen LogP contribution in [-0.4, -0.2) is 15.0 Å². The lowest BCUT2D eigenvalue weighted by molar-refractivity contribution is -0.119. The number of aryl methyl sites for hydroxylation is 1. The second-order valence-electron chi connectivity index (χ2n) is 7.79. The number of carbonyl (C=O) groups excluding carboxylic acids is 1. The first kappa shape index (κ1) is 20.4. The number of rotatable bonds is 3. The van der Waals surface area contributed by atoms with Crippen molar-refractivity contribution in [3.63, 3.8) is 0 Å². The summed E-state index contributed by atoms with van der Waals surface area (Å²) in [4.78, 5) is 39.2. The van der Waals surface area contributed by atoms with Crippen LogP contribution in [-0.2, 0) is 18.9 Å². The normalized spacial score (nSPS) is 17.6. The van der Waals surface area contributed by atoms with Crippen LogP contribution in [0.5, 0.6) is 0 Å². The van der Waals surface area contributed by atoms with Crippen LogP contribution in [0.15, 0.2) is 76.5 Å². The van der Waals surface area contributed by atoms with E-state index in [4.69, 9.17) is 0 Å². The number of nitrogens with zero attached hydrogens (tertiary/aromatic N) is 2. The molecule has 1 aliphatic heterocycles. The van der Waals surface area contributed by atoms with Crippen LogP contribution in [0.4, 0.5) is 11.5 Å². The molecule has 158 valence electrons. The van der Waals surface area contributed by atoms with Gasteiger partial charge in [-0.05, 0) is 24.1 Å². The maximum Gasteiger partial charge on any atom is 0.332 e. The zero-order valence-corrected chi connectivity index (χ0v) is 17.7.